The van der Waals surface area contributed by atoms with E-state index in [2.05, 4.69) is 29.8 Å². The highest BCUT2D eigenvalue weighted by molar-refractivity contribution is 9.10. The second-order valence-electron chi connectivity index (χ2n) is 7.54. The fraction of sp³-hybridized carbons (Fsp3) is 0.304. The number of rotatable bonds is 8. The summed E-state index contributed by atoms with van der Waals surface area (Å²) in [5.74, 6) is -2.12. The maximum absolute atomic E-state index is 13.3. The minimum Gasteiger partial charge on any atom is -0.872 e. The number of likely N-dealkylation sites (N-methyl/N-ethyl adjacent to an activating group) is 1. The number of carbonyl (C=O) groups is 2. The van der Waals surface area contributed by atoms with Crippen molar-refractivity contribution in [3.8, 4) is 0 Å². The van der Waals surface area contributed by atoms with Crippen molar-refractivity contribution in [2.24, 2.45) is 0 Å². The van der Waals surface area contributed by atoms with Crippen molar-refractivity contribution in [2.75, 3.05) is 26.2 Å². The number of Topliss-reactive ketones (excluding diaryl/α,β-unsaturated/α-hetero) is 1. The normalized spacial score (nSPS) is 17.9. The molecule has 8 nitrogen and oxygen atoms in total. The fourth-order valence-corrected chi connectivity index (χ4v) is 4.13. The van der Waals surface area contributed by atoms with Crippen LogP contribution in [-0.2, 0) is 9.59 Å². The van der Waals surface area contributed by atoms with Crippen LogP contribution in [0.5, 0.6) is 0 Å². The van der Waals surface area contributed by atoms with Crippen molar-refractivity contribution in [1.29, 1.82) is 0 Å². The summed E-state index contributed by atoms with van der Waals surface area (Å²) in [6.45, 7) is 6.86. The van der Waals surface area contributed by atoms with Gasteiger partial charge in [0.1, 0.15) is 0 Å². The largest absolute Gasteiger partial charge is 0.872 e. The zero-order valence-electron chi connectivity index (χ0n) is 17.8. The molecule has 1 heterocycles. The Kier molecular flexibility index (Phi) is 7.42. The highest BCUT2D eigenvalue weighted by Crippen LogP contribution is 2.38. The smallest absolute Gasteiger partial charge is 0.295 e. The molecule has 1 aliphatic heterocycles. The van der Waals surface area contributed by atoms with Gasteiger partial charge in [0.25, 0.3) is 11.6 Å². The number of carbonyl (C=O) groups excluding carboxylic acids is 2. The number of non-ortho nitro benzene ring substituents is 1. The predicted molar refractivity (Wildman–Crippen MR) is 121 cm³/mol. The number of nitrogens with zero attached hydrogens (tertiary/aromatic N) is 2. The zero-order valence-corrected chi connectivity index (χ0v) is 19.4. The van der Waals surface area contributed by atoms with Gasteiger partial charge in [0.2, 0.25) is 5.78 Å². The van der Waals surface area contributed by atoms with E-state index in [1.165, 1.54) is 34.1 Å². The van der Waals surface area contributed by atoms with Crippen LogP contribution in [0.2, 0.25) is 0 Å². The Balaban J connectivity index is 2.08. The molecule has 0 radical (unpaired) electrons. The van der Waals surface area contributed by atoms with Crippen LogP contribution in [-0.4, -0.2) is 47.7 Å². The van der Waals surface area contributed by atoms with Crippen LogP contribution in [0.3, 0.4) is 0 Å². The molecule has 1 fully saturated rings. The first-order chi connectivity index (χ1) is 15.3. The van der Waals surface area contributed by atoms with Crippen molar-refractivity contribution < 1.29 is 24.5 Å². The Morgan fingerprint density at radius 2 is 1.66 bits per heavy atom. The van der Waals surface area contributed by atoms with E-state index in [9.17, 15) is 24.8 Å². The van der Waals surface area contributed by atoms with Gasteiger partial charge in [0.15, 0.2) is 0 Å². The number of quaternary nitrogens is 1. The van der Waals surface area contributed by atoms with Crippen LogP contribution in [0.25, 0.3) is 5.76 Å². The maximum atomic E-state index is 13.3. The minimum atomic E-state index is -0.823. The molecule has 1 N–H and O–H groups in total. The van der Waals surface area contributed by atoms with Gasteiger partial charge in [-0.25, -0.2) is 0 Å². The number of hydrogen-bond acceptors (Lipinski definition) is 5. The van der Waals surface area contributed by atoms with Crippen LogP contribution in [0.15, 0.2) is 58.6 Å². The molecule has 1 aliphatic rings. The van der Waals surface area contributed by atoms with Gasteiger partial charge in [0, 0.05) is 22.2 Å². The summed E-state index contributed by atoms with van der Waals surface area (Å²) in [6, 6.07) is 11.4. The van der Waals surface area contributed by atoms with Crippen molar-refractivity contribution in [3.63, 3.8) is 0 Å². The van der Waals surface area contributed by atoms with E-state index in [4.69, 9.17) is 0 Å². The molecule has 9 heteroatoms. The van der Waals surface area contributed by atoms with Gasteiger partial charge in [-0.3, -0.25) is 19.7 Å². The molecule has 1 unspecified atom stereocenters. The zero-order chi connectivity index (χ0) is 23.4. The highest BCUT2D eigenvalue weighted by Gasteiger charge is 2.44. The molecule has 3 rings (SSSR count). The fourth-order valence-electron chi connectivity index (χ4n) is 3.86. The number of benzene rings is 2. The van der Waals surface area contributed by atoms with Crippen LogP contribution in [0.4, 0.5) is 5.69 Å². The van der Waals surface area contributed by atoms with Gasteiger partial charge in [-0.15, -0.1) is 0 Å². The van der Waals surface area contributed by atoms with Crippen LogP contribution in [0.1, 0.15) is 31.0 Å². The topological polar surface area (TPSA) is 108 Å². The van der Waals surface area contributed by atoms with Crippen molar-refractivity contribution in [3.05, 3.63) is 79.8 Å². The standard InChI is InChI=1S/C23H24BrN3O5/c1-3-25(4-2)13-14-26-20(15-5-9-17(24)10-6-15)19(22(29)23(26)30)21(28)16-7-11-18(12-8-16)27(31)32/h5-12,20,28H,3-4,13-14H2,1-2H3/b21-19+. The van der Waals surface area contributed by atoms with Crippen molar-refractivity contribution >= 4 is 39.1 Å². The van der Waals surface area contributed by atoms with Gasteiger partial charge < -0.3 is 14.9 Å². The highest BCUT2D eigenvalue weighted by atomic mass is 79.9. The van der Waals surface area contributed by atoms with E-state index in [0.717, 1.165) is 17.6 Å². The van der Waals surface area contributed by atoms with Crippen LogP contribution >= 0.6 is 15.9 Å². The molecule has 0 spiro atoms. The first-order valence-corrected chi connectivity index (χ1v) is 11.2. The average molecular weight is 502 g/mol. The third-order valence-corrected chi connectivity index (χ3v) is 6.29. The molecule has 32 heavy (non-hydrogen) atoms. The van der Waals surface area contributed by atoms with Crippen LogP contribution in [0, 0.1) is 10.1 Å². The number of nitro groups is 1. The number of halogens is 1. The molecule has 0 saturated carbocycles. The molecular weight excluding hydrogens is 478 g/mol. The Labute approximate surface area is 194 Å². The summed E-state index contributed by atoms with van der Waals surface area (Å²) in [4.78, 5) is 39.0. The Morgan fingerprint density at radius 3 is 2.19 bits per heavy atom. The number of nitro benzene ring substituents is 1. The number of ketones is 1. The summed E-state index contributed by atoms with van der Waals surface area (Å²) in [5.41, 5.74) is 0.506. The van der Waals surface area contributed by atoms with Gasteiger partial charge in [-0.2, -0.15) is 0 Å². The lowest BCUT2D eigenvalue weighted by Gasteiger charge is -2.28. The number of nitrogens with one attached hydrogen (secondary N) is 1. The van der Waals surface area contributed by atoms with E-state index in [-0.39, 0.29) is 16.8 Å². The Hall–Kier alpha value is -3.04. The summed E-state index contributed by atoms with van der Waals surface area (Å²) >= 11 is 3.38. The minimum absolute atomic E-state index is 0.124. The summed E-state index contributed by atoms with van der Waals surface area (Å²) in [7, 11) is 0. The Bertz CT molecular complexity index is 1050. The summed E-state index contributed by atoms with van der Waals surface area (Å²) in [6.07, 6.45) is 0. The number of hydrogen-bond donors (Lipinski definition) is 1. The van der Waals surface area contributed by atoms with E-state index in [1.807, 2.05) is 0 Å². The first kappa shape index (κ1) is 23.6. The van der Waals surface area contributed by atoms with Gasteiger partial charge in [-0.05, 0) is 49.2 Å². The quantitative estimate of drug-likeness (QED) is 0.194. The van der Waals surface area contributed by atoms with Gasteiger partial charge in [0.05, 0.1) is 37.1 Å². The SMILES string of the molecule is CC[NH+](CC)CCN1C(=O)C(=O)/C(=C(/[O-])c2ccc([N+](=O)[O-])cc2)C1c1ccc(Br)cc1. The molecular formula is C23H24BrN3O5. The lowest BCUT2D eigenvalue weighted by molar-refractivity contribution is -0.895. The average Bonchev–Trinajstić information content (AvgIpc) is 3.04. The molecule has 2 aromatic rings. The van der Waals surface area contributed by atoms with E-state index in [0.29, 0.717) is 18.7 Å². The third-order valence-electron chi connectivity index (χ3n) is 5.76. The monoisotopic (exact) mass is 501 g/mol. The first-order valence-electron chi connectivity index (χ1n) is 10.4. The summed E-state index contributed by atoms with van der Waals surface area (Å²) < 4.78 is 0.833. The number of amides is 1. The third kappa shape index (κ3) is 4.73. The van der Waals surface area contributed by atoms with Crippen LogP contribution < -0.4 is 10.0 Å². The van der Waals surface area contributed by atoms with Crippen molar-refractivity contribution in [1.82, 2.24) is 4.90 Å². The lowest BCUT2D eigenvalue weighted by atomic mass is 9.95. The van der Waals surface area contributed by atoms with Gasteiger partial charge >= 0.3 is 0 Å². The Morgan fingerprint density at radius 1 is 1.06 bits per heavy atom. The van der Waals surface area contributed by atoms with Crippen molar-refractivity contribution in [2.45, 2.75) is 19.9 Å². The molecule has 1 saturated heterocycles. The van der Waals surface area contributed by atoms with E-state index < -0.39 is 28.4 Å². The maximum Gasteiger partial charge on any atom is 0.295 e. The molecule has 0 bridgehead atoms. The second-order valence-corrected chi connectivity index (χ2v) is 8.45. The molecule has 1 amide bonds. The molecule has 2 aromatic carbocycles. The molecule has 1 atom stereocenters. The molecule has 0 aliphatic carbocycles. The van der Waals surface area contributed by atoms with E-state index in [1.54, 1.807) is 24.3 Å². The summed E-state index contributed by atoms with van der Waals surface area (Å²) in [5, 5.41) is 24.2. The second kappa shape index (κ2) is 10.1. The van der Waals surface area contributed by atoms with Gasteiger partial charge in [-0.1, -0.05) is 33.8 Å². The lowest BCUT2D eigenvalue weighted by Crippen LogP contribution is -3.12. The number of likely N-dealkylation sites (tertiary alicyclic amines) is 1. The molecule has 0 aromatic heterocycles. The molecule has 168 valence electrons. The predicted octanol–water partition coefficient (Wildman–Crippen LogP) is 1.51. The van der Waals surface area contributed by atoms with E-state index >= 15 is 0 Å².